The maximum absolute atomic E-state index is 13.1. The molecule has 3 saturated heterocycles. The number of carbonyl (C=O) groups is 1. The molecule has 29 heavy (non-hydrogen) atoms. The summed E-state index contributed by atoms with van der Waals surface area (Å²) in [4.78, 5) is 15.6. The van der Waals surface area contributed by atoms with E-state index in [0.29, 0.717) is 12.8 Å². The molecule has 0 amide bonds. The summed E-state index contributed by atoms with van der Waals surface area (Å²) in [6, 6.07) is 0.0757. The number of methoxy groups -OCH3 is 1. The number of likely N-dealkylation sites (tertiary alicyclic amines) is 1. The van der Waals surface area contributed by atoms with Crippen molar-refractivity contribution in [3.05, 3.63) is 0 Å². The summed E-state index contributed by atoms with van der Waals surface area (Å²) < 4.78 is 11.9. The first-order valence-corrected chi connectivity index (χ1v) is 11.2. The van der Waals surface area contributed by atoms with Crippen LogP contribution >= 0.6 is 17.0 Å². The zero-order chi connectivity index (χ0) is 19.6. The van der Waals surface area contributed by atoms with Gasteiger partial charge in [-0.1, -0.05) is 13.8 Å². The number of carbonyl (C=O) groups excluding carboxylic acids is 1. The Labute approximate surface area is 183 Å². The Balaban J connectivity index is 0.00000181. The van der Waals surface area contributed by atoms with Crippen molar-refractivity contribution in [2.45, 2.75) is 75.9 Å². The fourth-order valence-electron chi connectivity index (χ4n) is 9.64. The summed E-state index contributed by atoms with van der Waals surface area (Å²) in [6.45, 7) is 6.38. The largest absolute Gasteiger partial charge is 0.462 e. The van der Waals surface area contributed by atoms with Gasteiger partial charge in [-0.15, -0.1) is 17.0 Å². The van der Waals surface area contributed by atoms with Crippen molar-refractivity contribution in [1.29, 1.82) is 0 Å². The molecule has 0 radical (unpaired) electrons. The topological polar surface area (TPSA) is 79.2 Å². The summed E-state index contributed by atoms with van der Waals surface area (Å²) >= 11 is 0. The molecule has 9 bridgehead atoms. The number of nitrogens with zero attached hydrogens (tertiary/aromatic N) is 1. The number of esters is 1. The second-order valence-electron chi connectivity index (χ2n) is 10.8. The lowest BCUT2D eigenvalue weighted by molar-refractivity contribution is -0.269. The van der Waals surface area contributed by atoms with E-state index < -0.39 is 17.6 Å². The van der Waals surface area contributed by atoms with E-state index in [9.17, 15) is 15.0 Å². The Morgan fingerprint density at radius 1 is 1.31 bits per heavy atom. The first kappa shape index (κ1) is 20.7. The molecule has 3 heterocycles. The third-order valence-corrected chi connectivity index (χ3v) is 10.1. The molecule has 0 aromatic heterocycles. The Kier molecular flexibility index (Phi) is 4.41. The van der Waals surface area contributed by atoms with Gasteiger partial charge in [-0.3, -0.25) is 9.69 Å². The molecule has 7 fully saturated rings. The summed E-state index contributed by atoms with van der Waals surface area (Å²) in [6.07, 6.45) is 3.38. The van der Waals surface area contributed by atoms with E-state index in [1.54, 1.807) is 7.11 Å². The van der Waals surface area contributed by atoms with Gasteiger partial charge in [0.05, 0.1) is 23.7 Å². The van der Waals surface area contributed by atoms with E-state index in [2.05, 4.69) is 18.7 Å². The van der Waals surface area contributed by atoms with Gasteiger partial charge >= 0.3 is 5.97 Å². The van der Waals surface area contributed by atoms with Crippen molar-refractivity contribution < 1.29 is 24.5 Å². The van der Waals surface area contributed by atoms with Crippen LogP contribution in [0.5, 0.6) is 0 Å². The summed E-state index contributed by atoms with van der Waals surface area (Å²) in [5.74, 6) is -0.969. The Morgan fingerprint density at radius 2 is 2.07 bits per heavy atom. The average Bonchev–Trinajstić information content (AvgIpc) is 2.73. The van der Waals surface area contributed by atoms with E-state index in [1.165, 1.54) is 0 Å². The summed E-state index contributed by atoms with van der Waals surface area (Å²) in [5.41, 5.74) is -1.46. The number of piperidine rings is 1. The minimum absolute atomic E-state index is 0. The second kappa shape index (κ2) is 6.18. The molecule has 11 atom stereocenters. The highest BCUT2D eigenvalue weighted by atomic mass is 79.9. The molecule has 164 valence electrons. The van der Waals surface area contributed by atoms with Gasteiger partial charge in [0.25, 0.3) is 0 Å². The lowest BCUT2D eigenvalue weighted by Gasteiger charge is -2.69. The number of hydrogen-bond acceptors (Lipinski definition) is 6. The van der Waals surface area contributed by atoms with Gasteiger partial charge in [0, 0.05) is 36.9 Å². The van der Waals surface area contributed by atoms with Crippen molar-refractivity contribution in [2.24, 2.45) is 34.5 Å². The van der Waals surface area contributed by atoms with Gasteiger partial charge in [-0.25, -0.2) is 0 Å². The van der Waals surface area contributed by atoms with Crippen LogP contribution in [0.1, 0.15) is 46.0 Å². The molecule has 3 unspecified atom stereocenters. The number of fused-ring (bicyclic) bond motifs is 2. The van der Waals surface area contributed by atoms with Crippen molar-refractivity contribution in [2.75, 3.05) is 20.2 Å². The minimum atomic E-state index is -1.17. The number of aliphatic hydroxyl groups excluding tert-OH is 1. The molecule has 3 aliphatic heterocycles. The summed E-state index contributed by atoms with van der Waals surface area (Å²) in [5, 5.41) is 23.9. The molecular formula is C22H34BrNO5. The highest BCUT2D eigenvalue weighted by Crippen LogP contribution is 2.77. The van der Waals surface area contributed by atoms with E-state index >= 15 is 0 Å². The molecule has 0 aromatic carbocycles. The van der Waals surface area contributed by atoms with Crippen LogP contribution in [-0.2, 0) is 14.3 Å². The molecule has 7 aliphatic rings. The highest BCUT2D eigenvalue weighted by molar-refractivity contribution is 8.93. The van der Waals surface area contributed by atoms with E-state index in [-0.39, 0.29) is 69.8 Å². The number of hydrogen-bond donors (Lipinski definition) is 2. The molecule has 7 rings (SSSR count). The minimum Gasteiger partial charge on any atom is -0.462 e. The quantitative estimate of drug-likeness (QED) is 0.597. The standard InChI is InChI=1S/C22H33NO5.BrH/c1-4-23-10-20(2)7-6-13(27-3)22-12-9-11-5-8-21(26,14(12)19(25)28-11)15(18(22)23)16(24)17(20)22;/h11-18,24,26H,4-10H2,1-3H3;1H/t11-,12?,13-,14?,15-,16+,17?,18+,20-,21+,22-;/m0./s1. The van der Waals surface area contributed by atoms with E-state index in [4.69, 9.17) is 9.47 Å². The highest BCUT2D eigenvalue weighted by Gasteiger charge is 2.84. The Hall–Kier alpha value is -0.210. The number of ether oxygens (including phenoxy) is 2. The maximum Gasteiger partial charge on any atom is 0.312 e. The first-order valence-electron chi connectivity index (χ1n) is 11.2. The van der Waals surface area contributed by atoms with Gasteiger partial charge in [-0.2, -0.15) is 0 Å². The van der Waals surface area contributed by atoms with Crippen LogP contribution in [0.25, 0.3) is 0 Å². The molecular weight excluding hydrogens is 438 g/mol. The molecule has 4 aliphatic carbocycles. The predicted octanol–water partition coefficient (Wildman–Crippen LogP) is 1.76. The SMILES string of the molecule is Br.CCN1C[C@]2(C)CC[C@H](OC)[C@@]34C5C[C@@H]6CC[C@@](O)(C5C(=O)O6)[C@@H]([C@@H](O)C23)[C@@H]14. The van der Waals surface area contributed by atoms with Crippen LogP contribution in [0.2, 0.25) is 0 Å². The third kappa shape index (κ3) is 2.06. The monoisotopic (exact) mass is 471 g/mol. The molecule has 7 heteroatoms. The number of rotatable bonds is 2. The molecule has 0 aromatic rings. The fraction of sp³-hybridized carbons (Fsp3) is 0.955. The number of aliphatic hydroxyl groups is 2. The molecule has 6 nitrogen and oxygen atoms in total. The third-order valence-electron chi connectivity index (χ3n) is 10.1. The lowest BCUT2D eigenvalue weighted by Crippen LogP contribution is -2.76. The smallest absolute Gasteiger partial charge is 0.312 e. The van der Waals surface area contributed by atoms with Crippen LogP contribution in [0.15, 0.2) is 0 Å². The van der Waals surface area contributed by atoms with Crippen molar-refractivity contribution in [1.82, 2.24) is 4.90 Å². The van der Waals surface area contributed by atoms with Gasteiger partial charge < -0.3 is 19.7 Å². The van der Waals surface area contributed by atoms with Crippen molar-refractivity contribution >= 4 is 23.0 Å². The first-order chi connectivity index (χ1) is 13.3. The zero-order valence-corrected chi connectivity index (χ0v) is 19.3. The van der Waals surface area contributed by atoms with Crippen molar-refractivity contribution in [3.63, 3.8) is 0 Å². The second-order valence-corrected chi connectivity index (χ2v) is 10.8. The van der Waals surface area contributed by atoms with Crippen LogP contribution in [0.3, 0.4) is 0 Å². The van der Waals surface area contributed by atoms with E-state index in [0.717, 1.165) is 32.4 Å². The normalized spacial score (nSPS) is 59.7. The van der Waals surface area contributed by atoms with Gasteiger partial charge in [0.15, 0.2) is 0 Å². The molecule has 1 spiro atoms. The number of halogens is 1. The van der Waals surface area contributed by atoms with Gasteiger partial charge in [0.2, 0.25) is 0 Å². The maximum atomic E-state index is 13.1. The van der Waals surface area contributed by atoms with Crippen LogP contribution < -0.4 is 0 Å². The van der Waals surface area contributed by atoms with Gasteiger partial charge in [-0.05, 0) is 50.0 Å². The fourth-order valence-corrected chi connectivity index (χ4v) is 9.64. The van der Waals surface area contributed by atoms with Crippen LogP contribution in [-0.4, -0.2) is 71.2 Å². The van der Waals surface area contributed by atoms with Crippen LogP contribution in [0.4, 0.5) is 0 Å². The average molecular weight is 472 g/mol. The summed E-state index contributed by atoms with van der Waals surface area (Å²) in [7, 11) is 1.79. The van der Waals surface area contributed by atoms with Crippen molar-refractivity contribution in [3.8, 4) is 0 Å². The van der Waals surface area contributed by atoms with E-state index in [1.807, 2.05) is 0 Å². The Morgan fingerprint density at radius 3 is 2.76 bits per heavy atom. The van der Waals surface area contributed by atoms with Crippen LogP contribution in [0, 0.1) is 34.5 Å². The zero-order valence-electron chi connectivity index (χ0n) is 17.5. The van der Waals surface area contributed by atoms with Gasteiger partial charge in [0.1, 0.15) is 6.10 Å². The Bertz CT molecular complexity index is 736. The molecule has 4 saturated carbocycles. The molecule has 2 N–H and O–H groups in total. The predicted molar refractivity (Wildman–Crippen MR) is 111 cm³/mol. The lowest BCUT2D eigenvalue weighted by atomic mass is 9.42.